The molecule has 2 aromatic heterocycles. The summed E-state index contributed by atoms with van der Waals surface area (Å²) in [6.45, 7) is 0. The minimum atomic E-state index is -0.520. The van der Waals surface area contributed by atoms with Crippen molar-refractivity contribution in [2.24, 2.45) is 5.73 Å². The minimum absolute atomic E-state index is 0.0430. The number of rotatable bonds is 5. The maximum atomic E-state index is 12.2. The number of carbonyl (C=O) groups is 2. The van der Waals surface area contributed by atoms with Gasteiger partial charge in [0.2, 0.25) is 17.6 Å². The number of benzene rings is 2. The average molecular weight is 361 g/mol. The van der Waals surface area contributed by atoms with Gasteiger partial charge in [0.15, 0.2) is 5.76 Å². The summed E-state index contributed by atoms with van der Waals surface area (Å²) in [4.78, 5) is 23.2. The monoisotopic (exact) mass is 361 g/mol. The molecular weight excluding hydrogens is 346 g/mol. The molecule has 0 saturated carbocycles. The quantitative estimate of drug-likeness (QED) is 0.566. The zero-order chi connectivity index (χ0) is 18.8. The maximum Gasteiger partial charge on any atom is 0.248 e. The Labute approximate surface area is 153 Å². The van der Waals surface area contributed by atoms with Crippen LogP contribution in [0.15, 0.2) is 69.6 Å². The van der Waals surface area contributed by atoms with E-state index in [4.69, 9.17) is 14.7 Å². The Morgan fingerprint density at radius 3 is 2.52 bits per heavy atom. The number of nitrogens with two attached hydrogens (primary N) is 1. The van der Waals surface area contributed by atoms with Gasteiger partial charge in [-0.05, 0) is 36.4 Å². The topological polar surface area (TPSA) is 111 Å². The third kappa shape index (κ3) is 3.57. The van der Waals surface area contributed by atoms with Crippen molar-refractivity contribution in [3.8, 4) is 11.5 Å². The van der Waals surface area contributed by atoms with Gasteiger partial charge < -0.3 is 20.0 Å². The summed E-state index contributed by atoms with van der Waals surface area (Å²) in [6.07, 6.45) is 0.0430. The Kier molecular flexibility index (Phi) is 4.18. The van der Waals surface area contributed by atoms with E-state index in [1.54, 1.807) is 30.3 Å². The fraction of sp³-hybridized carbons (Fsp3) is 0.0500. The maximum absolute atomic E-state index is 12.2. The standard InChI is InChI=1S/C20H15N3O4/c21-20(25)12-5-7-14(8-6-12)22-19(24)11-15-10-18(27-23-15)17-9-13-3-1-2-4-16(13)26-17/h1-10H,11H2,(H2,21,25)(H,22,24). The molecule has 0 aliphatic carbocycles. The van der Waals surface area contributed by atoms with Gasteiger partial charge in [0.1, 0.15) is 5.58 Å². The number of fused-ring (bicyclic) bond motifs is 1. The van der Waals surface area contributed by atoms with E-state index in [0.717, 1.165) is 11.0 Å². The predicted octanol–water partition coefficient (Wildman–Crippen LogP) is 3.37. The van der Waals surface area contributed by atoms with Crippen LogP contribution >= 0.6 is 0 Å². The number of amides is 2. The molecule has 4 rings (SSSR count). The van der Waals surface area contributed by atoms with Crippen LogP contribution in [0.4, 0.5) is 5.69 Å². The Hall–Kier alpha value is -3.87. The summed E-state index contributed by atoms with van der Waals surface area (Å²) in [5, 5.41) is 7.62. The smallest absolute Gasteiger partial charge is 0.248 e. The first-order chi connectivity index (χ1) is 13.1. The fourth-order valence-corrected chi connectivity index (χ4v) is 2.70. The third-order valence-electron chi connectivity index (χ3n) is 4.02. The molecule has 2 amide bonds. The Morgan fingerprint density at radius 1 is 1.00 bits per heavy atom. The van der Waals surface area contributed by atoms with Crippen molar-refractivity contribution in [1.82, 2.24) is 5.16 Å². The van der Waals surface area contributed by atoms with Gasteiger partial charge in [0.05, 0.1) is 12.1 Å². The van der Waals surface area contributed by atoms with Gasteiger partial charge in [-0.25, -0.2) is 0 Å². The Bertz CT molecular complexity index is 1090. The van der Waals surface area contributed by atoms with E-state index in [1.807, 2.05) is 30.3 Å². The lowest BCUT2D eigenvalue weighted by molar-refractivity contribution is -0.115. The first-order valence-corrected chi connectivity index (χ1v) is 8.23. The number of hydrogen-bond donors (Lipinski definition) is 2. The molecule has 0 unspecified atom stereocenters. The van der Waals surface area contributed by atoms with Gasteiger partial charge in [-0.3, -0.25) is 9.59 Å². The van der Waals surface area contributed by atoms with Crippen LogP contribution in [0.5, 0.6) is 0 Å². The van der Waals surface area contributed by atoms with Crippen molar-refractivity contribution >= 4 is 28.5 Å². The molecule has 0 atom stereocenters. The zero-order valence-corrected chi connectivity index (χ0v) is 14.1. The van der Waals surface area contributed by atoms with E-state index in [2.05, 4.69) is 10.5 Å². The lowest BCUT2D eigenvalue weighted by atomic mass is 10.2. The van der Waals surface area contributed by atoms with Gasteiger partial charge in [0.25, 0.3) is 0 Å². The molecule has 4 aromatic rings. The van der Waals surface area contributed by atoms with Crippen molar-refractivity contribution in [3.05, 3.63) is 71.9 Å². The lowest BCUT2D eigenvalue weighted by Crippen LogP contribution is -2.15. The largest absolute Gasteiger partial charge is 0.453 e. The molecule has 2 aromatic carbocycles. The first kappa shape index (κ1) is 16.6. The van der Waals surface area contributed by atoms with Crippen molar-refractivity contribution in [2.45, 2.75) is 6.42 Å². The number of aromatic nitrogens is 1. The van der Waals surface area contributed by atoms with E-state index < -0.39 is 5.91 Å². The van der Waals surface area contributed by atoms with Crippen LogP contribution < -0.4 is 11.1 Å². The van der Waals surface area contributed by atoms with Gasteiger partial charge in [0, 0.05) is 22.7 Å². The van der Waals surface area contributed by atoms with Crippen LogP contribution in [0.1, 0.15) is 16.1 Å². The normalized spacial score (nSPS) is 10.8. The average Bonchev–Trinajstić information content (AvgIpc) is 3.28. The van der Waals surface area contributed by atoms with Crippen LogP contribution in [-0.4, -0.2) is 17.0 Å². The summed E-state index contributed by atoms with van der Waals surface area (Å²) in [6, 6.07) is 17.5. The molecule has 0 radical (unpaired) electrons. The minimum Gasteiger partial charge on any atom is -0.453 e. The molecule has 0 fully saturated rings. The highest BCUT2D eigenvalue weighted by Crippen LogP contribution is 2.28. The van der Waals surface area contributed by atoms with Crippen molar-refractivity contribution < 1.29 is 18.5 Å². The number of anilines is 1. The van der Waals surface area contributed by atoms with Crippen LogP contribution in [0, 0.1) is 0 Å². The number of nitrogens with one attached hydrogen (secondary N) is 1. The Morgan fingerprint density at radius 2 is 1.78 bits per heavy atom. The number of primary amides is 1. The van der Waals surface area contributed by atoms with Crippen molar-refractivity contribution in [2.75, 3.05) is 5.32 Å². The first-order valence-electron chi connectivity index (χ1n) is 8.23. The molecule has 0 aliphatic rings. The number of para-hydroxylation sites is 1. The molecule has 134 valence electrons. The van der Waals surface area contributed by atoms with Crippen LogP contribution in [-0.2, 0) is 11.2 Å². The lowest BCUT2D eigenvalue weighted by Gasteiger charge is -2.04. The van der Waals surface area contributed by atoms with Crippen LogP contribution in [0.2, 0.25) is 0 Å². The highest BCUT2D eigenvalue weighted by atomic mass is 16.5. The van der Waals surface area contributed by atoms with Gasteiger partial charge in [-0.1, -0.05) is 23.4 Å². The van der Waals surface area contributed by atoms with Gasteiger partial charge >= 0.3 is 0 Å². The summed E-state index contributed by atoms with van der Waals surface area (Å²) in [5.41, 5.74) is 7.36. The van der Waals surface area contributed by atoms with E-state index in [1.165, 1.54) is 0 Å². The predicted molar refractivity (Wildman–Crippen MR) is 99.0 cm³/mol. The van der Waals surface area contributed by atoms with E-state index in [-0.39, 0.29) is 12.3 Å². The Balaban J connectivity index is 1.44. The molecule has 7 nitrogen and oxygen atoms in total. The van der Waals surface area contributed by atoms with E-state index >= 15 is 0 Å². The molecule has 7 heteroatoms. The number of nitrogens with zero attached hydrogens (tertiary/aromatic N) is 1. The third-order valence-corrected chi connectivity index (χ3v) is 4.02. The zero-order valence-electron chi connectivity index (χ0n) is 14.1. The highest BCUT2D eigenvalue weighted by molar-refractivity contribution is 5.95. The molecule has 3 N–H and O–H groups in total. The highest BCUT2D eigenvalue weighted by Gasteiger charge is 2.14. The number of furan rings is 1. The summed E-state index contributed by atoms with van der Waals surface area (Å²) >= 11 is 0. The van der Waals surface area contributed by atoms with Crippen LogP contribution in [0.25, 0.3) is 22.5 Å². The molecule has 2 heterocycles. The molecule has 0 spiro atoms. The van der Waals surface area contributed by atoms with Crippen molar-refractivity contribution in [3.63, 3.8) is 0 Å². The molecule has 0 saturated heterocycles. The summed E-state index contributed by atoms with van der Waals surface area (Å²) in [7, 11) is 0. The molecule has 0 aliphatic heterocycles. The molecular formula is C20H15N3O4. The van der Waals surface area contributed by atoms with Gasteiger partial charge in [-0.15, -0.1) is 0 Å². The SMILES string of the molecule is NC(=O)c1ccc(NC(=O)Cc2cc(-c3cc4ccccc4o3)on2)cc1. The number of hydrogen-bond acceptors (Lipinski definition) is 5. The molecule has 0 bridgehead atoms. The second-order valence-electron chi connectivity index (χ2n) is 6.00. The van der Waals surface area contributed by atoms with E-state index in [0.29, 0.717) is 28.5 Å². The van der Waals surface area contributed by atoms with Crippen molar-refractivity contribution in [1.29, 1.82) is 0 Å². The molecule has 27 heavy (non-hydrogen) atoms. The number of carbonyl (C=O) groups excluding carboxylic acids is 2. The van der Waals surface area contributed by atoms with E-state index in [9.17, 15) is 9.59 Å². The summed E-state index contributed by atoms with van der Waals surface area (Å²) < 4.78 is 11.0. The van der Waals surface area contributed by atoms with Crippen LogP contribution in [0.3, 0.4) is 0 Å². The van der Waals surface area contributed by atoms with Gasteiger partial charge in [-0.2, -0.15) is 0 Å². The summed E-state index contributed by atoms with van der Waals surface area (Å²) in [5.74, 6) is 0.233. The fourth-order valence-electron chi connectivity index (χ4n) is 2.70. The second kappa shape index (κ2) is 6.80. The second-order valence-corrected chi connectivity index (χ2v) is 6.00.